The Bertz CT molecular complexity index is 140. The van der Waals surface area contributed by atoms with Gasteiger partial charge in [0, 0.05) is 0 Å². The van der Waals surface area contributed by atoms with Crippen molar-refractivity contribution in [1.29, 1.82) is 0 Å². The van der Waals surface area contributed by atoms with Crippen LogP contribution in [0.3, 0.4) is 0 Å². The third-order valence-corrected chi connectivity index (χ3v) is 14.8. The van der Waals surface area contributed by atoms with Gasteiger partial charge in [-0.15, -0.1) is 0 Å². The van der Waals surface area contributed by atoms with E-state index in [4.69, 9.17) is 18.5 Å². The summed E-state index contributed by atoms with van der Waals surface area (Å²) in [4.78, 5) is 0. The van der Waals surface area contributed by atoms with Gasteiger partial charge < -0.3 is 0 Å². The van der Waals surface area contributed by atoms with Gasteiger partial charge in [0.25, 0.3) is 0 Å². The molecule has 0 aromatic carbocycles. The van der Waals surface area contributed by atoms with Crippen molar-refractivity contribution in [1.82, 2.24) is 0 Å². The number of hydrogen-bond acceptors (Lipinski definition) is 2. The van der Waals surface area contributed by atoms with Crippen molar-refractivity contribution in [3.05, 3.63) is 0 Å². The first-order valence-corrected chi connectivity index (χ1v) is 15.0. The molecule has 0 heterocycles. The number of hydrogen-bond donors (Lipinski definition) is 0. The summed E-state index contributed by atoms with van der Waals surface area (Å²) in [5.41, 5.74) is 0. The van der Waals surface area contributed by atoms with Gasteiger partial charge >= 0.3 is 94.2 Å². The van der Waals surface area contributed by atoms with Crippen molar-refractivity contribution in [3.8, 4) is 0 Å². The topological polar surface area (TPSA) is 18.5 Å². The van der Waals surface area contributed by atoms with Crippen molar-refractivity contribution in [2.45, 2.75) is 39.3 Å². The molecule has 0 atom stereocenters. The monoisotopic (exact) mass is 301 g/mol. The first-order valence-electron chi connectivity index (χ1n) is 4.44. The van der Waals surface area contributed by atoms with Crippen molar-refractivity contribution >= 4 is 43.3 Å². The third-order valence-electron chi connectivity index (χ3n) is 0.949. The van der Waals surface area contributed by atoms with Crippen molar-refractivity contribution < 1.29 is 6.91 Å². The maximum atomic E-state index is 5.95. The Labute approximate surface area is 94.0 Å². The van der Waals surface area contributed by atoms with Gasteiger partial charge in [-0.05, 0) is 0 Å². The number of halogens is 1. The molecule has 0 aromatic heterocycles. The van der Waals surface area contributed by atoms with Gasteiger partial charge in [-0.1, -0.05) is 0 Å². The van der Waals surface area contributed by atoms with E-state index in [1.54, 1.807) is 0 Å². The second-order valence-corrected chi connectivity index (χ2v) is 19.9. The fourth-order valence-electron chi connectivity index (χ4n) is 0.758. The molecule has 0 amide bonds. The first-order chi connectivity index (χ1) is 5.64. The molecule has 13 heavy (non-hydrogen) atoms. The molecule has 1 radical (unpaired) electrons. The zero-order valence-electron chi connectivity index (χ0n) is 9.40. The van der Waals surface area contributed by atoms with Gasteiger partial charge in [-0.3, -0.25) is 0 Å². The van der Waals surface area contributed by atoms with Crippen LogP contribution in [0.4, 0.5) is 0 Å². The summed E-state index contributed by atoms with van der Waals surface area (Å²) >= 11 is 4.00. The van der Waals surface area contributed by atoms with Gasteiger partial charge in [-0.25, -0.2) is 0 Å². The molecule has 6 heteroatoms. The van der Waals surface area contributed by atoms with Crippen LogP contribution in [0.1, 0.15) is 0 Å². The summed E-state index contributed by atoms with van der Waals surface area (Å²) in [6, 6.07) is 0. The molecule has 2 nitrogen and oxygen atoms in total. The van der Waals surface area contributed by atoms with Crippen LogP contribution < -0.4 is 0 Å². The van der Waals surface area contributed by atoms with E-state index in [1.807, 2.05) is 0 Å². The van der Waals surface area contributed by atoms with Gasteiger partial charge in [-0.2, -0.15) is 0 Å². The van der Waals surface area contributed by atoms with E-state index in [-0.39, 0.29) is 0 Å². The molecular formula is C7H20ClGeO2Si2. The van der Waals surface area contributed by atoms with Gasteiger partial charge in [0.15, 0.2) is 0 Å². The molecule has 0 aromatic rings. The van der Waals surface area contributed by atoms with Gasteiger partial charge in [0.05, 0.1) is 0 Å². The molecule has 0 saturated carbocycles. The van der Waals surface area contributed by atoms with Gasteiger partial charge in [0.1, 0.15) is 0 Å². The minimum absolute atomic E-state index is 0.592. The molecule has 0 aliphatic heterocycles. The van der Waals surface area contributed by atoms with E-state index < -0.39 is 31.7 Å². The Balaban J connectivity index is 4.05. The minimum atomic E-state index is -1.85. The zero-order valence-corrected chi connectivity index (χ0v) is 14.3. The summed E-state index contributed by atoms with van der Waals surface area (Å²) in [5, 5.41) is 0. The predicted octanol–water partition coefficient (Wildman–Crippen LogP) is 2.96. The predicted molar refractivity (Wildman–Crippen MR) is 65.3 cm³/mol. The van der Waals surface area contributed by atoms with E-state index in [0.717, 1.165) is 0 Å². The number of rotatable bonds is 5. The van der Waals surface area contributed by atoms with Crippen molar-refractivity contribution in [2.24, 2.45) is 0 Å². The average Bonchev–Trinajstić information content (AvgIpc) is 1.79. The molecule has 0 saturated heterocycles. The summed E-state index contributed by atoms with van der Waals surface area (Å²) in [6.45, 7) is 13.1. The molecule has 0 unspecified atom stereocenters. The second-order valence-electron chi connectivity index (χ2n) is 4.93. The van der Waals surface area contributed by atoms with Crippen LogP contribution in [0.2, 0.25) is 39.3 Å². The molecule has 0 N–H and O–H groups in total. The van der Waals surface area contributed by atoms with E-state index >= 15 is 0 Å². The van der Waals surface area contributed by atoms with E-state index in [2.05, 4.69) is 39.3 Å². The summed E-state index contributed by atoms with van der Waals surface area (Å²) in [7, 11) is -2.91. The van der Waals surface area contributed by atoms with Crippen LogP contribution in [-0.2, 0) is 6.91 Å². The Morgan fingerprint density at radius 2 is 1.23 bits per heavy atom. The summed E-state index contributed by atoms with van der Waals surface area (Å²) in [6.07, 6.45) is 0. The Morgan fingerprint density at radius 3 is 1.38 bits per heavy atom. The van der Waals surface area contributed by atoms with Crippen molar-refractivity contribution in [3.63, 3.8) is 0 Å². The Kier molecular flexibility index (Phi) is 5.81. The molecule has 0 spiro atoms. The molecule has 79 valence electrons. The fourth-order valence-corrected chi connectivity index (χ4v) is 14.2. The summed E-state index contributed by atoms with van der Waals surface area (Å²) in [5.74, 6) is 0. The Morgan fingerprint density at radius 1 is 0.923 bits per heavy atom. The maximum absolute atomic E-state index is 5.95. The van der Waals surface area contributed by atoms with E-state index in [9.17, 15) is 0 Å². The molecule has 0 bridgehead atoms. The molecule has 0 fully saturated rings. The number of alkyl halides is 1. The SMILES string of the molecule is C[Si](C)(C)[O][Ge]([CH2]Cl)[O][Si](C)(C)C. The van der Waals surface area contributed by atoms with Crippen LogP contribution in [-0.4, -0.2) is 36.4 Å². The fraction of sp³-hybridized carbons (Fsp3) is 1.00. The van der Waals surface area contributed by atoms with Crippen molar-refractivity contribution in [2.75, 3.05) is 4.71 Å². The normalized spacial score (nSPS) is 13.8. The van der Waals surface area contributed by atoms with E-state index in [0.29, 0.717) is 4.71 Å². The quantitative estimate of drug-likeness (QED) is 0.574. The summed E-state index contributed by atoms with van der Waals surface area (Å²) < 4.78 is 12.5. The molecule has 0 aliphatic rings. The van der Waals surface area contributed by atoms with Crippen LogP contribution in [0.5, 0.6) is 0 Å². The van der Waals surface area contributed by atoms with E-state index in [1.165, 1.54) is 0 Å². The van der Waals surface area contributed by atoms with Gasteiger partial charge in [0.2, 0.25) is 0 Å². The standard InChI is InChI=1S/C7H20ClGeO2Si2/c1-12(2,3)10-9(7-8)11-13(4,5)6/h7H2,1-6H3. The molecular weight excluding hydrogens is 280 g/mol. The van der Waals surface area contributed by atoms with Crippen LogP contribution in [0.25, 0.3) is 0 Å². The third kappa shape index (κ3) is 9.49. The zero-order chi connectivity index (χ0) is 10.7. The van der Waals surface area contributed by atoms with Crippen LogP contribution >= 0.6 is 11.6 Å². The Hall–Kier alpha value is 1.19. The first kappa shape index (κ1) is 14.2. The van der Waals surface area contributed by atoms with Crippen LogP contribution in [0, 0.1) is 0 Å². The molecule has 0 aliphatic carbocycles. The average molecular weight is 300 g/mol. The van der Waals surface area contributed by atoms with Crippen LogP contribution in [0.15, 0.2) is 0 Å². The molecule has 0 rings (SSSR count). The second kappa shape index (κ2) is 5.32.